The summed E-state index contributed by atoms with van der Waals surface area (Å²) in [5.41, 5.74) is 9.98. The number of carbonyl (C=O) groups is 2. The molecule has 21 heteroatoms. The summed E-state index contributed by atoms with van der Waals surface area (Å²) in [5, 5.41) is 10.2. The van der Waals surface area contributed by atoms with Crippen molar-refractivity contribution in [2.45, 2.75) is 51.7 Å². The molecule has 6 aromatic heterocycles. The van der Waals surface area contributed by atoms with Gasteiger partial charge in [0.1, 0.15) is 29.9 Å². The summed E-state index contributed by atoms with van der Waals surface area (Å²) in [5.74, 6) is 0.606. The maximum absolute atomic E-state index is 15.4. The zero-order valence-electron chi connectivity index (χ0n) is 47.2. The number of nitrogens with one attached hydrogen (secondary N) is 1. The molecule has 0 spiro atoms. The van der Waals surface area contributed by atoms with Gasteiger partial charge in [-0.1, -0.05) is 58.4 Å². The molecule has 0 amide bonds. The number of halogens is 3. The second-order valence-electron chi connectivity index (χ2n) is 19.0. The van der Waals surface area contributed by atoms with Crippen molar-refractivity contribution >= 4 is 49.9 Å². The predicted octanol–water partition coefficient (Wildman–Crippen LogP) is 11.3. The van der Waals surface area contributed by atoms with Crippen molar-refractivity contribution in [1.29, 1.82) is 0 Å². The van der Waals surface area contributed by atoms with Gasteiger partial charge >= 0.3 is 11.9 Å². The van der Waals surface area contributed by atoms with E-state index in [4.69, 9.17) is 28.4 Å². The van der Waals surface area contributed by atoms with Crippen LogP contribution in [0.1, 0.15) is 66.0 Å². The molecule has 0 aliphatic heterocycles. The number of benzene rings is 4. The second-order valence-corrected chi connectivity index (χ2v) is 19.5. The number of esters is 1. The number of carboxylic acids is 1. The number of ether oxygens (including phenoxy) is 6. The van der Waals surface area contributed by atoms with Crippen LogP contribution >= 0.6 is 15.9 Å². The summed E-state index contributed by atoms with van der Waals surface area (Å²) >= 11 is 3.35. The van der Waals surface area contributed by atoms with E-state index in [1.807, 2.05) is 53.3 Å². The monoisotopic (exact) mass is 1210 g/mol. The van der Waals surface area contributed by atoms with Crippen LogP contribution in [0.2, 0.25) is 0 Å². The highest BCUT2D eigenvalue weighted by Crippen LogP contribution is 2.29. The summed E-state index contributed by atoms with van der Waals surface area (Å²) < 4.78 is 65.7. The van der Waals surface area contributed by atoms with Gasteiger partial charge in [0.15, 0.2) is 0 Å². The Kier molecular flexibility index (Phi) is 20.8. The third-order valence-electron chi connectivity index (χ3n) is 13.3. The first kappa shape index (κ1) is 60.9. The van der Waals surface area contributed by atoms with E-state index < -0.39 is 23.6 Å². The van der Waals surface area contributed by atoms with E-state index in [9.17, 15) is 23.9 Å². The highest BCUT2D eigenvalue weighted by Gasteiger charge is 2.19. The number of carboxylic acid groups (broad SMARTS) is 1. The summed E-state index contributed by atoms with van der Waals surface area (Å²) in [6.07, 6.45) is 0.472. The van der Waals surface area contributed by atoms with Crippen molar-refractivity contribution in [3.8, 4) is 40.2 Å². The van der Waals surface area contributed by atoms with Crippen LogP contribution in [0, 0.1) is 25.5 Å². The predicted molar refractivity (Wildman–Crippen MR) is 317 cm³/mol. The minimum Gasteiger partial charge on any atom is -0.481 e. The van der Waals surface area contributed by atoms with E-state index in [2.05, 4.69) is 45.8 Å². The smallest absolute Gasteiger partial charge is 0.337 e. The molecule has 0 aliphatic carbocycles. The Morgan fingerprint density at radius 1 is 0.595 bits per heavy atom. The van der Waals surface area contributed by atoms with Gasteiger partial charge in [0.2, 0.25) is 23.2 Å². The summed E-state index contributed by atoms with van der Waals surface area (Å²) in [4.78, 5) is 60.1. The lowest BCUT2D eigenvalue weighted by molar-refractivity contribution is 0.0600. The number of aromatic nitrogens is 8. The Morgan fingerprint density at radius 2 is 1.13 bits per heavy atom. The molecular formula is C63H61BrF2N8O10. The van der Waals surface area contributed by atoms with Crippen LogP contribution in [-0.2, 0) is 52.1 Å². The van der Waals surface area contributed by atoms with Crippen LogP contribution in [0.3, 0.4) is 0 Å². The fraction of sp³-hybridized carbons (Fsp3) is 0.238. The number of nitrogens with zero attached hydrogens (tertiary/aromatic N) is 7. The van der Waals surface area contributed by atoms with Gasteiger partial charge in [-0.15, -0.1) is 0 Å². The first-order chi connectivity index (χ1) is 40.6. The average molecular weight is 1210 g/mol. The maximum Gasteiger partial charge on any atom is 0.337 e. The van der Waals surface area contributed by atoms with Crippen LogP contribution in [-0.4, -0.2) is 105 Å². The van der Waals surface area contributed by atoms with Crippen molar-refractivity contribution < 1.29 is 51.9 Å². The number of imidazole rings is 2. The number of hydrogen-bond acceptors (Lipinski definition) is 14. The lowest BCUT2D eigenvalue weighted by atomic mass is 10.1. The molecule has 0 atom stereocenters. The van der Waals surface area contributed by atoms with Crippen LogP contribution in [0.4, 0.5) is 8.78 Å². The van der Waals surface area contributed by atoms with E-state index in [1.165, 1.54) is 31.4 Å². The van der Waals surface area contributed by atoms with E-state index in [1.54, 1.807) is 107 Å². The zero-order valence-corrected chi connectivity index (χ0v) is 48.8. The summed E-state index contributed by atoms with van der Waals surface area (Å²) in [6.45, 7) is 5.83. The van der Waals surface area contributed by atoms with Crippen molar-refractivity contribution in [2.24, 2.45) is 0 Å². The molecule has 84 heavy (non-hydrogen) atoms. The highest BCUT2D eigenvalue weighted by molar-refractivity contribution is 9.08. The summed E-state index contributed by atoms with van der Waals surface area (Å²) in [7, 11) is 7.72. The quantitative estimate of drug-likeness (QED) is 0.0536. The van der Waals surface area contributed by atoms with Crippen LogP contribution in [0.15, 0.2) is 138 Å². The Balaban J connectivity index is 0.000000189. The minimum atomic E-state index is -1.02. The van der Waals surface area contributed by atoms with Gasteiger partial charge in [-0.25, -0.2) is 43.3 Å². The topological polar surface area (TPSA) is 217 Å². The van der Waals surface area contributed by atoms with E-state index in [0.29, 0.717) is 111 Å². The lowest BCUT2D eigenvalue weighted by Crippen LogP contribution is -2.10. The number of aromatic carboxylic acids is 1. The molecule has 4 aromatic carbocycles. The largest absolute Gasteiger partial charge is 0.481 e. The molecular weight excluding hydrogens is 1150 g/mol. The molecule has 0 radical (unpaired) electrons. The number of alkyl halides is 1. The zero-order chi connectivity index (χ0) is 59.9. The molecule has 0 aliphatic rings. The number of methoxy groups -OCH3 is 5. The Morgan fingerprint density at radius 3 is 1.68 bits per heavy atom. The number of hydrogen-bond donors (Lipinski definition) is 2. The molecule has 10 aromatic rings. The number of pyridine rings is 4. The molecule has 434 valence electrons. The number of carbonyl (C=O) groups excluding carboxylic acids is 1. The maximum atomic E-state index is 15.4. The third kappa shape index (κ3) is 15.1. The average Bonchev–Trinajstić information content (AvgIpc) is 2.77. The fourth-order valence-electron chi connectivity index (χ4n) is 9.02. The molecule has 0 fully saturated rings. The van der Waals surface area contributed by atoms with Crippen molar-refractivity contribution in [3.63, 3.8) is 0 Å². The summed E-state index contributed by atoms with van der Waals surface area (Å²) in [6, 6.07) is 37.5. The van der Waals surface area contributed by atoms with Crippen LogP contribution < -0.4 is 19.8 Å². The number of fused-ring (bicyclic) bond motifs is 2. The van der Waals surface area contributed by atoms with Crippen molar-refractivity contribution in [2.75, 3.05) is 48.8 Å². The normalized spacial score (nSPS) is 10.9. The molecule has 6 heterocycles. The SMILES string of the molecule is COCCn1c(Cc2ccc(-c3cccc(=O)[nH]3)cc2F)nc2ccc(C(=O)OC)cc21.COCCn1c(Cc2ccc(-c3cccc(OCc4ccc(C)nc4OC)n3)cc2F)nc2ccc(C(=O)O)cc21.COc1nc(C)ccc1CBr. The molecule has 0 saturated heterocycles. The molecule has 0 unspecified atom stereocenters. The first-order valence-corrected chi connectivity index (χ1v) is 27.5. The Bertz CT molecular complexity index is 4020. The Hall–Kier alpha value is -9.18. The van der Waals surface area contributed by atoms with Gasteiger partial charge in [-0.2, -0.15) is 0 Å². The number of H-pyrrole nitrogens is 1. The Labute approximate surface area is 491 Å². The molecule has 10 rings (SSSR count). The minimum absolute atomic E-state index is 0.159. The first-order valence-electron chi connectivity index (χ1n) is 26.4. The lowest BCUT2D eigenvalue weighted by Gasteiger charge is -2.11. The van der Waals surface area contributed by atoms with Gasteiger partial charge in [0, 0.05) is 91.4 Å². The van der Waals surface area contributed by atoms with Gasteiger partial charge in [0.25, 0.3) is 0 Å². The van der Waals surface area contributed by atoms with Crippen molar-refractivity contribution in [1.82, 2.24) is 39.0 Å². The van der Waals surface area contributed by atoms with Crippen molar-refractivity contribution in [3.05, 3.63) is 212 Å². The number of aryl methyl sites for hydroxylation is 2. The third-order valence-corrected chi connectivity index (χ3v) is 13.9. The second kappa shape index (κ2) is 28.7. The molecule has 0 bridgehead atoms. The van der Waals surface area contributed by atoms with Crippen LogP contribution in [0.5, 0.6) is 17.6 Å². The van der Waals surface area contributed by atoms with E-state index in [-0.39, 0.29) is 30.6 Å². The molecule has 0 saturated carbocycles. The molecule has 2 N–H and O–H groups in total. The van der Waals surface area contributed by atoms with Gasteiger partial charge in [-0.3, -0.25) is 4.79 Å². The molecule has 18 nitrogen and oxygen atoms in total. The fourth-order valence-corrected chi connectivity index (χ4v) is 9.45. The number of aromatic amines is 1. The van der Waals surface area contributed by atoms with Gasteiger partial charge < -0.3 is 47.6 Å². The van der Waals surface area contributed by atoms with Gasteiger partial charge in [0.05, 0.1) is 79.0 Å². The number of rotatable bonds is 20. The van der Waals surface area contributed by atoms with E-state index >= 15 is 4.39 Å². The highest BCUT2D eigenvalue weighted by atomic mass is 79.9. The van der Waals surface area contributed by atoms with E-state index in [0.717, 1.165) is 33.4 Å². The standard InChI is InChI=1S/C31H29FN4O5.C24H22FN3O4.C8H10BrNO/c1-19-7-8-23(30(33-19)40-3)18-41-29-6-4-5-25(35-29)21-10-9-20(24(32)15-21)17-28-34-26-12-11-22(31(37)38)16-27(26)36(28)13-14-39-2;1-31-11-10-28-21-13-17(24(30)32-2)8-9-20(21)26-22(28)14-15-6-7-16(12-18(15)25)19-4-3-5-23(29)27-19;1-6-3-4-7(5-9)8(10-6)11-2/h4-12,15-16H,13-14,17-18H2,1-3H3,(H,37,38);3-9,12-13H,10-11,14H2,1-2H3,(H,27,29);3-4H,5H2,1-2H3. The van der Waals surface area contributed by atoms with Crippen LogP contribution in [0.25, 0.3) is 44.6 Å². The van der Waals surface area contributed by atoms with Gasteiger partial charge in [-0.05, 0) is 104 Å².